The number of hydrogen-bond donors (Lipinski definition) is 1. The Hall–Kier alpha value is -2.11. The van der Waals surface area contributed by atoms with Gasteiger partial charge in [0.2, 0.25) is 0 Å². The largest absolute Gasteiger partial charge is 0.484 e. The summed E-state index contributed by atoms with van der Waals surface area (Å²) >= 11 is 7.62. The molecule has 0 fully saturated rings. The van der Waals surface area contributed by atoms with Crippen LogP contribution in [0.3, 0.4) is 0 Å². The number of fused-ring (bicyclic) bond motifs is 1. The van der Waals surface area contributed by atoms with E-state index in [2.05, 4.69) is 16.4 Å². The van der Waals surface area contributed by atoms with Crippen molar-refractivity contribution in [1.82, 2.24) is 10.3 Å². The third-order valence-corrected chi connectivity index (χ3v) is 5.02. The first-order valence-electron chi connectivity index (χ1n) is 7.62. The number of aryl methyl sites for hydroxylation is 1. The molecule has 4 nitrogen and oxygen atoms in total. The Morgan fingerprint density at radius 2 is 2.12 bits per heavy atom. The minimum atomic E-state index is -0.149. The van der Waals surface area contributed by atoms with E-state index in [0.29, 0.717) is 23.7 Å². The fourth-order valence-electron chi connectivity index (χ4n) is 2.24. The lowest BCUT2D eigenvalue weighted by Crippen LogP contribution is -2.30. The van der Waals surface area contributed by atoms with E-state index in [1.165, 1.54) is 4.70 Å². The molecule has 1 amide bonds. The first kappa shape index (κ1) is 16.7. The molecule has 0 aliphatic rings. The molecule has 1 heterocycles. The number of thiazole rings is 1. The van der Waals surface area contributed by atoms with Crippen molar-refractivity contribution in [1.29, 1.82) is 0 Å². The number of halogens is 1. The molecule has 0 atom stereocenters. The fourth-order valence-corrected chi connectivity index (χ4v) is 3.33. The number of benzene rings is 2. The number of carbonyl (C=O) groups is 1. The number of para-hydroxylation sites is 1. The van der Waals surface area contributed by atoms with Crippen LogP contribution in [-0.2, 0) is 11.2 Å². The summed E-state index contributed by atoms with van der Waals surface area (Å²) in [4.78, 5) is 16.4. The normalized spacial score (nSPS) is 10.8. The minimum absolute atomic E-state index is 0.0130. The van der Waals surface area contributed by atoms with Crippen molar-refractivity contribution in [2.45, 2.75) is 13.3 Å². The van der Waals surface area contributed by atoms with Crippen molar-refractivity contribution in [3.05, 3.63) is 58.1 Å². The van der Waals surface area contributed by atoms with Crippen molar-refractivity contribution in [2.75, 3.05) is 13.2 Å². The van der Waals surface area contributed by atoms with Crippen molar-refractivity contribution in [3.8, 4) is 5.75 Å². The quantitative estimate of drug-likeness (QED) is 0.723. The average Bonchev–Trinajstić information content (AvgIpc) is 2.98. The Morgan fingerprint density at radius 3 is 2.92 bits per heavy atom. The molecule has 24 heavy (non-hydrogen) atoms. The van der Waals surface area contributed by atoms with Crippen LogP contribution in [0, 0.1) is 6.92 Å². The highest BCUT2D eigenvalue weighted by molar-refractivity contribution is 7.18. The van der Waals surface area contributed by atoms with Crippen molar-refractivity contribution in [2.24, 2.45) is 0 Å². The molecule has 1 N–H and O–H groups in total. The molecule has 0 saturated heterocycles. The zero-order valence-electron chi connectivity index (χ0n) is 13.2. The molecule has 124 valence electrons. The van der Waals surface area contributed by atoms with Crippen LogP contribution >= 0.6 is 22.9 Å². The Kier molecular flexibility index (Phi) is 5.33. The SMILES string of the molecule is Cc1cc(OCC(=O)NCCc2nc3ccccc3s2)ccc1Cl. The zero-order chi connectivity index (χ0) is 16.9. The smallest absolute Gasteiger partial charge is 0.257 e. The molecule has 3 aromatic rings. The number of nitrogens with zero attached hydrogens (tertiary/aromatic N) is 1. The molecule has 0 saturated carbocycles. The predicted octanol–water partition coefficient (Wildman–Crippen LogP) is 4.00. The molecule has 2 aromatic carbocycles. The van der Waals surface area contributed by atoms with Gasteiger partial charge < -0.3 is 10.1 Å². The van der Waals surface area contributed by atoms with Gasteiger partial charge >= 0.3 is 0 Å². The summed E-state index contributed by atoms with van der Waals surface area (Å²) in [5, 5.41) is 4.55. The molecule has 3 rings (SSSR count). The fraction of sp³-hybridized carbons (Fsp3) is 0.222. The summed E-state index contributed by atoms with van der Waals surface area (Å²) in [5.41, 5.74) is 1.93. The topological polar surface area (TPSA) is 51.2 Å². The third kappa shape index (κ3) is 4.24. The van der Waals surface area contributed by atoms with Gasteiger partial charge in [0.05, 0.1) is 15.2 Å². The number of rotatable bonds is 6. The Balaban J connectivity index is 1.44. The van der Waals surface area contributed by atoms with E-state index in [0.717, 1.165) is 16.1 Å². The molecular formula is C18H17ClN2O2S. The Bertz CT molecular complexity index is 830. The maximum Gasteiger partial charge on any atom is 0.257 e. The van der Waals surface area contributed by atoms with Gasteiger partial charge in [-0.15, -0.1) is 11.3 Å². The molecule has 1 aromatic heterocycles. The molecule has 0 unspecified atom stereocenters. The van der Waals surface area contributed by atoms with E-state index in [9.17, 15) is 4.79 Å². The van der Waals surface area contributed by atoms with Gasteiger partial charge in [-0.3, -0.25) is 4.79 Å². The van der Waals surface area contributed by atoms with Gasteiger partial charge in [0.25, 0.3) is 5.91 Å². The zero-order valence-corrected chi connectivity index (χ0v) is 14.8. The third-order valence-electron chi connectivity index (χ3n) is 3.50. The monoisotopic (exact) mass is 360 g/mol. The summed E-state index contributed by atoms with van der Waals surface area (Å²) in [7, 11) is 0. The van der Waals surface area contributed by atoms with Gasteiger partial charge in [0, 0.05) is 18.0 Å². The van der Waals surface area contributed by atoms with Gasteiger partial charge in [0.15, 0.2) is 6.61 Å². The summed E-state index contributed by atoms with van der Waals surface area (Å²) in [6, 6.07) is 13.4. The molecule has 0 radical (unpaired) electrons. The predicted molar refractivity (Wildman–Crippen MR) is 98.0 cm³/mol. The van der Waals surface area contributed by atoms with Crippen LogP contribution in [-0.4, -0.2) is 24.0 Å². The summed E-state index contributed by atoms with van der Waals surface area (Å²) in [6.45, 7) is 2.43. The second kappa shape index (κ2) is 7.64. The number of carbonyl (C=O) groups excluding carboxylic acids is 1. The van der Waals surface area contributed by atoms with Crippen LogP contribution in [0.15, 0.2) is 42.5 Å². The lowest BCUT2D eigenvalue weighted by Gasteiger charge is -2.08. The van der Waals surface area contributed by atoms with Crippen LogP contribution in [0.5, 0.6) is 5.75 Å². The highest BCUT2D eigenvalue weighted by Gasteiger charge is 2.06. The molecule has 0 aliphatic carbocycles. The van der Waals surface area contributed by atoms with Crippen LogP contribution in [0.4, 0.5) is 0 Å². The van der Waals surface area contributed by atoms with Gasteiger partial charge in [0.1, 0.15) is 5.75 Å². The van der Waals surface area contributed by atoms with Crippen molar-refractivity contribution in [3.63, 3.8) is 0 Å². The van der Waals surface area contributed by atoms with Gasteiger partial charge in [-0.05, 0) is 42.8 Å². The highest BCUT2D eigenvalue weighted by Crippen LogP contribution is 2.22. The number of hydrogen-bond acceptors (Lipinski definition) is 4. The minimum Gasteiger partial charge on any atom is -0.484 e. The van der Waals surface area contributed by atoms with E-state index in [-0.39, 0.29) is 12.5 Å². The van der Waals surface area contributed by atoms with E-state index >= 15 is 0 Å². The summed E-state index contributed by atoms with van der Waals surface area (Å²) < 4.78 is 6.64. The Morgan fingerprint density at radius 1 is 1.29 bits per heavy atom. The number of nitrogens with one attached hydrogen (secondary N) is 1. The first-order valence-corrected chi connectivity index (χ1v) is 8.81. The van der Waals surface area contributed by atoms with Gasteiger partial charge in [-0.25, -0.2) is 4.98 Å². The van der Waals surface area contributed by atoms with E-state index in [1.54, 1.807) is 23.5 Å². The second-order valence-electron chi connectivity index (χ2n) is 5.37. The summed E-state index contributed by atoms with van der Waals surface area (Å²) in [5.74, 6) is 0.488. The summed E-state index contributed by atoms with van der Waals surface area (Å²) in [6.07, 6.45) is 0.713. The maximum atomic E-state index is 11.9. The molecule has 0 aliphatic heterocycles. The first-order chi connectivity index (χ1) is 11.6. The highest BCUT2D eigenvalue weighted by atomic mass is 35.5. The molecular weight excluding hydrogens is 344 g/mol. The van der Waals surface area contributed by atoms with Crippen molar-refractivity contribution >= 4 is 39.1 Å². The lowest BCUT2D eigenvalue weighted by atomic mass is 10.2. The van der Waals surface area contributed by atoms with Crippen LogP contribution in [0.2, 0.25) is 5.02 Å². The molecule has 0 spiro atoms. The lowest BCUT2D eigenvalue weighted by molar-refractivity contribution is -0.123. The molecule has 0 bridgehead atoms. The maximum absolute atomic E-state index is 11.9. The number of ether oxygens (including phenoxy) is 1. The Labute approximate surface area is 149 Å². The van der Waals surface area contributed by atoms with E-state index in [1.807, 2.05) is 31.2 Å². The second-order valence-corrected chi connectivity index (χ2v) is 6.90. The van der Waals surface area contributed by atoms with Crippen LogP contribution in [0.1, 0.15) is 10.6 Å². The van der Waals surface area contributed by atoms with Crippen LogP contribution < -0.4 is 10.1 Å². The number of amides is 1. The number of aromatic nitrogens is 1. The van der Waals surface area contributed by atoms with E-state index in [4.69, 9.17) is 16.3 Å². The van der Waals surface area contributed by atoms with Gasteiger partial charge in [-0.1, -0.05) is 23.7 Å². The van der Waals surface area contributed by atoms with E-state index < -0.39 is 0 Å². The van der Waals surface area contributed by atoms with Crippen LogP contribution in [0.25, 0.3) is 10.2 Å². The average molecular weight is 361 g/mol. The molecule has 6 heteroatoms. The standard InChI is InChI=1S/C18H17ClN2O2S/c1-12-10-13(6-7-14(12)19)23-11-17(22)20-9-8-18-21-15-4-2-3-5-16(15)24-18/h2-7,10H,8-9,11H2,1H3,(H,20,22). The van der Waals surface area contributed by atoms with Gasteiger partial charge in [-0.2, -0.15) is 0 Å². The van der Waals surface area contributed by atoms with Crippen molar-refractivity contribution < 1.29 is 9.53 Å².